The molecule has 0 radical (unpaired) electrons. The van der Waals surface area contributed by atoms with E-state index in [0.29, 0.717) is 6.54 Å². The third-order valence-electron chi connectivity index (χ3n) is 5.15. The normalized spacial score (nSPS) is 15.5. The van der Waals surface area contributed by atoms with Crippen LogP contribution in [0.5, 0.6) is 0 Å². The Morgan fingerprint density at radius 3 is 2.65 bits per heavy atom. The molecule has 1 fully saturated rings. The summed E-state index contributed by atoms with van der Waals surface area (Å²) < 4.78 is 2.04. The van der Waals surface area contributed by atoms with Gasteiger partial charge in [-0.1, -0.05) is 12.1 Å². The van der Waals surface area contributed by atoms with Crippen molar-refractivity contribution in [3.63, 3.8) is 0 Å². The largest absolute Gasteiger partial charge is 0.368 e. The van der Waals surface area contributed by atoms with Crippen molar-refractivity contribution >= 4 is 11.6 Å². The van der Waals surface area contributed by atoms with E-state index in [1.807, 2.05) is 11.6 Å². The number of aromatic nitrogens is 3. The Labute approximate surface area is 155 Å². The highest BCUT2D eigenvalue weighted by Gasteiger charge is 2.21. The molecule has 26 heavy (non-hydrogen) atoms. The van der Waals surface area contributed by atoms with E-state index in [1.165, 1.54) is 16.8 Å². The van der Waals surface area contributed by atoms with Gasteiger partial charge in [0.05, 0.1) is 6.54 Å². The minimum absolute atomic E-state index is 0.637. The molecule has 7 nitrogen and oxygen atoms in total. The van der Waals surface area contributed by atoms with Crippen LogP contribution in [-0.4, -0.2) is 58.9 Å². The van der Waals surface area contributed by atoms with Gasteiger partial charge in [-0.15, -0.1) is 10.2 Å². The predicted molar refractivity (Wildman–Crippen MR) is 106 cm³/mol. The molecular weight excluding hydrogens is 326 g/mol. The van der Waals surface area contributed by atoms with Crippen molar-refractivity contribution in [3.05, 3.63) is 41.5 Å². The van der Waals surface area contributed by atoms with Crippen molar-refractivity contribution in [2.45, 2.75) is 33.9 Å². The number of rotatable bonds is 4. The first-order valence-electron chi connectivity index (χ1n) is 9.27. The van der Waals surface area contributed by atoms with Crippen molar-refractivity contribution in [1.29, 1.82) is 0 Å². The number of piperazine rings is 1. The molecule has 1 saturated heterocycles. The zero-order valence-electron chi connectivity index (χ0n) is 16.2. The Balaban J connectivity index is 1.58. The molecule has 1 aromatic carbocycles. The summed E-state index contributed by atoms with van der Waals surface area (Å²) in [5.74, 6) is 1.86. The Morgan fingerprint density at radius 2 is 1.96 bits per heavy atom. The minimum atomic E-state index is 0.637. The van der Waals surface area contributed by atoms with E-state index in [9.17, 15) is 0 Å². The van der Waals surface area contributed by atoms with E-state index in [4.69, 9.17) is 0 Å². The monoisotopic (exact) mass is 355 g/mol. The number of anilines is 1. The van der Waals surface area contributed by atoms with Gasteiger partial charge in [0.15, 0.2) is 11.8 Å². The average molecular weight is 355 g/mol. The summed E-state index contributed by atoms with van der Waals surface area (Å²) >= 11 is 0. The quantitative estimate of drug-likeness (QED) is 0.669. The van der Waals surface area contributed by atoms with Gasteiger partial charge in [-0.2, -0.15) is 0 Å². The lowest BCUT2D eigenvalue weighted by Gasteiger charge is -2.38. The third kappa shape index (κ3) is 3.81. The van der Waals surface area contributed by atoms with Crippen molar-refractivity contribution in [3.8, 4) is 0 Å². The van der Waals surface area contributed by atoms with Gasteiger partial charge in [0.2, 0.25) is 0 Å². The van der Waals surface area contributed by atoms with Crippen LogP contribution in [-0.2, 0) is 13.1 Å². The first kappa shape index (κ1) is 18.2. The standard InChI is InChI=1S/C19H29N7/c1-5-24-14-22-23-18(24)13-21-19(20-4)26-11-9-25(10-12-26)17-8-6-7-15(2)16(17)3/h6-8,14H,5,9-13H2,1-4H3,(H,20,21). The van der Waals surface area contributed by atoms with Gasteiger partial charge in [-0.25, -0.2) is 0 Å². The molecule has 0 atom stereocenters. The summed E-state index contributed by atoms with van der Waals surface area (Å²) in [6.07, 6.45) is 1.77. The van der Waals surface area contributed by atoms with Crippen molar-refractivity contribution in [2.24, 2.45) is 4.99 Å². The molecule has 1 aliphatic rings. The second-order valence-electron chi connectivity index (χ2n) is 6.63. The molecule has 1 aliphatic heterocycles. The first-order chi connectivity index (χ1) is 12.6. The summed E-state index contributed by atoms with van der Waals surface area (Å²) in [6.45, 7) is 11.9. The molecule has 140 valence electrons. The predicted octanol–water partition coefficient (Wildman–Crippen LogP) is 1.81. The van der Waals surface area contributed by atoms with E-state index in [0.717, 1.165) is 44.5 Å². The summed E-state index contributed by atoms with van der Waals surface area (Å²) in [5.41, 5.74) is 4.08. The van der Waals surface area contributed by atoms with Gasteiger partial charge >= 0.3 is 0 Å². The highest BCUT2D eigenvalue weighted by atomic mass is 15.4. The van der Waals surface area contributed by atoms with E-state index in [-0.39, 0.29) is 0 Å². The molecule has 2 heterocycles. The zero-order valence-corrected chi connectivity index (χ0v) is 16.2. The second kappa shape index (κ2) is 8.21. The molecule has 0 amide bonds. The van der Waals surface area contributed by atoms with Gasteiger partial charge in [0, 0.05) is 45.5 Å². The minimum Gasteiger partial charge on any atom is -0.368 e. The molecule has 0 spiro atoms. The van der Waals surface area contributed by atoms with E-state index >= 15 is 0 Å². The fraction of sp³-hybridized carbons (Fsp3) is 0.526. The SMILES string of the molecule is CCn1cnnc1CNC(=NC)N1CCN(c2cccc(C)c2C)CC1. The zero-order chi connectivity index (χ0) is 18.5. The molecule has 1 aromatic heterocycles. The van der Waals surface area contributed by atoms with Crippen molar-refractivity contribution in [2.75, 3.05) is 38.1 Å². The molecule has 0 bridgehead atoms. The number of hydrogen-bond donors (Lipinski definition) is 1. The van der Waals surface area contributed by atoms with E-state index in [2.05, 4.69) is 69.3 Å². The lowest BCUT2D eigenvalue weighted by molar-refractivity contribution is 0.371. The smallest absolute Gasteiger partial charge is 0.194 e. The fourth-order valence-electron chi connectivity index (χ4n) is 3.41. The van der Waals surface area contributed by atoms with Crippen LogP contribution in [0.2, 0.25) is 0 Å². The third-order valence-corrected chi connectivity index (χ3v) is 5.15. The number of nitrogens with zero attached hydrogens (tertiary/aromatic N) is 6. The van der Waals surface area contributed by atoms with Crippen LogP contribution in [0, 0.1) is 13.8 Å². The van der Waals surface area contributed by atoms with Crippen molar-refractivity contribution in [1.82, 2.24) is 25.0 Å². The molecule has 7 heteroatoms. The Morgan fingerprint density at radius 1 is 1.19 bits per heavy atom. The Kier molecular flexibility index (Phi) is 5.75. The first-order valence-corrected chi connectivity index (χ1v) is 9.27. The Bertz CT molecular complexity index is 757. The van der Waals surface area contributed by atoms with Crippen LogP contribution in [0.3, 0.4) is 0 Å². The molecule has 0 unspecified atom stereocenters. The van der Waals surface area contributed by atoms with Crippen LogP contribution in [0.1, 0.15) is 23.9 Å². The van der Waals surface area contributed by atoms with Crippen LogP contribution >= 0.6 is 0 Å². The topological polar surface area (TPSA) is 61.6 Å². The molecule has 3 rings (SSSR count). The molecule has 0 saturated carbocycles. The number of aliphatic imine (C=N–C) groups is 1. The van der Waals surface area contributed by atoms with E-state index in [1.54, 1.807) is 6.33 Å². The summed E-state index contributed by atoms with van der Waals surface area (Å²) in [5, 5.41) is 11.6. The highest BCUT2D eigenvalue weighted by Crippen LogP contribution is 2.23. The maximum atomic E-state index is 4.45. The fourth-order valence-corrected chi connectivity index (χ4v) is 3.41. The number of aryl methyl sites for hydroxylation is 2. The number of guanidine groups is 1. The number of benzene rings is 1. The van der Waals surface area contributed by atoms with Gasteiger partial charge in [-0.3, -0.25) is 4.99 Å². The van der Waals surface area contributed by atoms with Gasteiger partial charge < -0.3 is 19.7 Å². The van der Waals surface area contributed by atoms with Crippen LogP contribution < -0.4 is 10.2 Å². The molecule has 1 N–H and O–H groups in total. The van der Waals surface area contributed by atoms with Gasteiger partial charge in [0.1, 0.15) is 6.33 Å². The lowest BCUT2D eigenvalue weighted by Crippen LogP contribution is -2.52. The number of hydrogen-bond acceptors (Lipinski definition) is 4. The van der Waals surface area contributed by atoms with Crippen LogP contribution in [0.4, 0.5) is 5.69 Å². The second-order valence-corrected chi connectivity index (χ2v) is 6.63. The molecule has 0 aliphatic carbocycles. The van der Waals surface area contributed by atoms with Crippen molar-refractivity contribution < 1.29 is 0 Å². The maximum Gasteiger partial charge on any atom is 0.194 e. The average Bonchev–Trinajstić information content (AvgIpc) is 3.13. The summed E-state index contributed by atoms with van der Waals surface area (Å²) in [6, 6.07) is 6.55. The number of nitrogens with one attached hydrogen (secondary N) is 1. The molecule has 2 aromatic rings. The summed E-state index contributed by atoms with van der Waals surface area (Å²) in [4.78, 5) is 9.24. The highest BCUT2D eigenvalue weighted by molar-refractivity contribution is 5.80. The molecular formula is C19H29N7. The van der Waals surface area contributed by atoms with E-state index < -0.39 is 0 Å². The maximum absolute atomic E-state index is 4.45. The van der Waals surface area contributed by atoms with Crippen LogP contribution in [0.25, 0.3) is 0 Å². The van der Waals surface area contributed by atoms with Gasteiger partial charge in [0.25, 0.3) is 0 Å². The summed E-state index contributed by atoms with van der Waals surface area (Å²) in [7, 11) is 1.84. The Hall–Kier alpha value is -2.57. The van der Waals surface area contributed by atoms with Gasteiger partial charge in [-0.05, 0) is 38.0 Å². The lowest BCUT2D eigenvalue weighted by atomic mass is 10.1. The van der Waals surface area contributed by atoms with Crippen LogP contribution in [0.15, 0.2) is 29.5 Å².